The zero-order valence-corrected chi connectivity index (χ0v) is 21.7. The second-order valence-corrected chi connectivity index (χ2v) is 8.39. The number of carboxylic acids is 1. The molecule has 4 aromatic carbocycles. The minimum absolute atomic E-state index is 0.250. The molecular weight excluding hydrogens is 486 g/mol. The number of hydrogen-bond donors (Lipinski definition) is 1. The van der Waals surface area contributed by atoms with Gasteiger partial charge in [0, 0.05) is 11.1 Å². The maximum absolute atomic E-state index is 12.1. The maximum atomic E-state index is 12.1. The quantitative estimate of drug-likeness (QED) is 0.151. The van der Waals surface area contributed by atoms with Crippen molar-refractivity contribution in [3.8, 4) is 6.07 Å². The molecule has 0 fully saturated rings. The SMILES string of the molecule is CCC(=Cc1ccccc1)C(=O)OCc1ccccc1.N#CC(C(=O)O)=C(c1ccccc1)c1ccccc1. The molecule has 5 heteroatoms. The lowest BCUT2D eigenvalue weighted by atomic mass is 9.93. The summed E-state index contributed by atoms with van der Waals surface area (Å²) in [7, 11) is 0. The summed E-state index contributed by atoms with van der Waals surface area (Å²) in [4.78, 5) is 23.3. The summed E-state index contributed by atoms with van der Waals surface area (Å²) >= 11 is 0. The first kappa shape index (κ1) is 28.4. The zero-order valence-electron chi connectivity index (χ0n) is 21.7. The summed E-state index contributed by atoms with van der Waals surface area (Å²) in [5.41, 5.74) is 4.32. The topological polar surface area (TPSA) is 87.4 Å². The fraction of sp³-hybridized carbons (Fsp3) is 0.0882. The molecule has 0 saturated heterocycles. The van der Waals surface area contributed by atoms with Gasteiger partial charge in [-0.25, -0.2) is 9.59 Å². The van der Waals surface area contributed by atoms with Gasteiger partial charge in [0.2, 0.25) is 0 Å². The monoisotopic (exact) mass is 515 g/mol. The number of carboxylic acid groups (broad SMARTS) is 1. The molecule has 0 atom stereocenters. The van der Waals surface area contributed by atoms with Gasteiger partial charge in [-0.05, 0) is 34.8 Å². The van der Waals surface area contributed by atoms with Crippen LogP contribution in [0, 0.1) is 11.3 Å². The van der Waals surface area contributed by atoms with Crippen molar-refractivity contribution < 1.29 is 19.4 Å². The molecule has 0 unspecified atom stereocenters. The van der Waals surface area contributed by atoms with E-state index in [4.69, 9.17) is 10.00 Å². The highest BCUT2D eigenvalue weighted by atomic mass is 16.5. The van der Waals surface area contributed by atoms with Gasteiger partial charge in [0.15, 0.2) is 0 Å². The predicted molar refractivity (Wildman–Crippen MR) is 153 cm³/mol. The van der Waals surface area contributed by atoms with Crippen molar-refractivity contribution in [3.63, 3.8) is 0 Å². The highest BCUT2D eigenvalue weighted by Gasteiger charge is 2.17. The van der Waals surface area contributed by atoms with Crippen LogP contribution in [0.2, 0.25) is 0 Å². The van der Waals surface area contributed by atoms with Crippen LogP contribution in [0.3, 0.4) is 0 Å². The Morgan fingerprint density at radius 2 is 1.23 bits per heavy atom. The lowest BCUT2D eigenvalue weighted by Gasteiger charge is -2.09. The van der Waals surface area contributed by atoms with Gasteiger partial charge >= 0.3 is 11.9 Å². The van der Waals surface area contributed by atoms with Crippen molar-refractivity contribution in [3.05, 3.63) is 155 Å². The fourth-order valence-corrected chi connectivity index (χ4v) is 3.75. The van der Waals surface area contributed by atoms with Crippen molar-refractivity contribution in [2.75, 3.05) is 0 Å². The van der Waals surface area contributed by atoms with Gasteiger partial charge in [-0.3, -0.25) is 0 Å². The van der Waals surface area contributed by atoms with E-state index in [1.807, 2.05) is 110 Å². The summed E-state index contributed by atoms with van der Waals surface area (Å²) in [6.07, 6.45) is 2.54. The number of benzene rings is 4. The smallest absolute Gasteiger partial charge is 0.347 e. The normalized spacial score (nSPS) is 10.3. The van der Waals surface area contributed by atoms with Crippen LogP contribution in [0.25, 0.3) is 11.6 Å². The highest BCUT2D eigenvalue weighted by molar-refractivity contribution is 6.04. The number of rotatable bonds is 8. The number of aliphatic carboxylic acids is 1. The molecule has 4 aromatic rings. The van der Waals surface area contributed by atoms with Crippen molar-refractivity contribution >= 4 is 23.6 Å². The molecule has 0 spiro atoms. The van der Waals surface area contributed by atoms with Crippen LogP contribution in [0.5, 0.6) is 0 Å². The summed E-state index contributed by atoms with van der Waals surface area (Å²) in [5.74, 6) is -1.47. The third-order valence-electron chi connectivity index (χ3n) is 5.70. The highest BCUT2D eigenvalue weighted by Crippen LogP contribution is 2.26. The Balaban J connectivity index is 0.000000216. The molecule has 0 heterocycles. The molecule has 4 rings (SSSR count). The molecule has 0 aliphatic heterocycles. The molecule has 39 heavy (non-hydrogen) atoms. The van der Waals surface area contributed by atoms with Crippen LogP contribution in [-0.4, -0.2) is 17.0 Å². The van der Waals surface area contributed by atoms with Crippen molar-refractivity contribution in [1.82, 2.24) is 0 Å². The standard InChI is InChI=1S/C18H18O2.C16H11NO2/c1-2-17(13-15-9-5-3-6-10-15)18(19)20-14-16-11-7-4-8-12-16;17-11-14(16(18)19)15(12-7-3-1-4-8-12)13-9-5-2-6-10-13/h3-13H,2,14H2,1H3;1-10H,(H,18,19). The van der Waals surface area contributed by atoms with Crippen molar-refractivity contribution in [2.24, 2.45) is 0 Å². The molecule has 0 aliphatic rings. The predicted octanol–water partition coefficient (Wildman–Crippen LogP) is 7.32. The number of carbonyl (C=O) groups is 2. The Kier molecular flexibility index (Phi) is 11.0. The van der Waals surface area contributed by atoms with Gasteiger partial charge < -0.3 is 9.84 Å². The van der Waals surface area contributed by atoms with E-state index < -0.39 is 5.97 Å². The molecule has 0 radical (unpaired) electrons. The Labute approximate surface area is 229 Å². The summed E-state index contributed by atoms with van der Waals surface area (Å²) < 4.78 is 5.35. The van der Waals surface area contributed by atoms with E-state index in [1.54, 1.807) is 30.3 Å². The van der Waals surface area contributed by atoms with E-state index in [2.05, 4.69) is 0 Å². The molecule has 5 nitrogen and oxygen atoms in total. The molecule has 0 aliphatic carbocycles. The maximum Gasteiger partial charge on any atom is 0.347 e. The van der Waals surface area contributed by atoms with Crippen LogP contribution in [0.15, 0.2) is 132 Å². The molecule has 0 saturated carbocycles. The van der Waals surface area contributed by atoms with Crippen LogP contribution in [-0.2, 0) is 20.9 Å². The molecule has 0 bridgehead atoms. The fourth-order valence-electron chi connectivity index (χ4n) is 3.75. The van der Waals surface area contributed by atoms with Crippen molar-refractivity contribution in [1.29, 1.82) is 5.26 Å². The summed E-state index contributed by atoms with van der Waals surface area (Å²) in [5, 5.41) is 18.3. The summed E-state index contributed by atoms with van der Waals surface area (Å²) in [6, 6.07) is 39.4. The number of ether oxygens (including phenoxy) is 1. The van der Waals surface area contributed by atoms with Crippen LogP contribution >= 0.6 is 0 Å². The lowest BCUT2D eigenvalue weighted by Crippen LogP contribution is -2.07. The van der Waals surface area contributed by atoms with E-state index >= 15 is 0 Å². The second kappa shape index (κ2) is 15.1. The van der Waals surface area contributed by atoms with E-state index in [-0.39, 0.29) is 11.5 Å². The third kappa shape index (κ3) is 8.70. The van der Waals surface area contributed by atoms with Gasteiger partial charge in [0.1, 0.15) is 18.2 Å². The van der Waals surface area contributed by atoms with Gasteiger partial charge in [-0.1, -0.05) is 128 Å². The van der Waals surface area contributed by atoms with Gasteiger partial charge in [-0.2, -0.15) is 5.26 Å². The van der Waals surface area contributed by atoms with E-state index in [0.29, 0.717) is 35.3 Å². The second-order valence-electron chi connectivity index (χ2n) is 8.39. The average Bonchev–Trinajstić information content (AvgIpc) is 2.99. The van der Waals surface area contributed by atoms with Crippen LogP contribution < -0.4 is 0 Å². The Hall–Kier alpha value is -5.21. The third-order valence-corrected chi connectivity index (χ3v) is 5.70. The lowest BCUT2D eigenvalue weighted by molar-refractivity contribution is -0.140. The van der Waals surface area contributed by atoms with E-state index in [1.165, 1.54) is 0 Å². The minimum Gasteiger partial charge on any atom is -0.477 e. The molecule has 194 valence electrons. The number of carbonyl (C=O) groups excluding carboxylic acids is 1. The molecule has 0 aromatic heterocycles. The largest absolute Gasteiger partial charge is 0.477 e. The van der Waals surface area contributed by atoms with Gasteiger partial charge in [0.25, 0.3) is 0 Å². The molecule has 1 N–H and O–H groups in total. The van der Waals surface area contributed by atoms with Crippen LogP contribution in [0.1, 0.15) is 35.6 Å². The zero-order chi connectivity index (χ0) is 27.9. The first-order valence-electron chi connectivity index (χ1n) is 12.5. The van der Waals surface area contributed by atoms with Crippen molar-refractivity contribution in [2.45, 2.75) is 20.0 Å². The van der Waals surface area contributed by atoms with Gasteiger partial charge in [-0.15, -0.1) is 0 Å². The summed E-state index contributed by atoms with van der Waals surface area (Å²) in [6.45, 7) is 2.27. The van der Waals surface area contributed by atoms with E-state index in [0.717, 1.165) is 11.1 Å². The minimum atomic E-state index is -1.22. The molecule has 0 amide bonds. The Bertz CT molecular complexity index is 1410. The number of hydrogen-bond acceptors (Lipinski definition) is 4. The number of nitriles is 1. The Morgan fingerprint density at radius 3 is 1.67 bits per heavy atom. The molecular formula is C34H29NO4. The first-order valence-corrected chi connectivity index (χ1v) is 12.5. The van der Waals surface area contributed by atoms with Crippen LogP contribution in [0.4, 0.5) is 0 Å². The van der Waals surface area contributed by atoms with E-state index in [9.17, 15) is 14.7 Å². The average molecular weight is 516 g/mol. The van der Waals surface area contributed by atoms with Gasteiger partial charge in [0.05, 0.1) is 0 Å². The first-order chi connectivity index (χ1) is 19.0. The number of nitrogens with zero attached hydrogens (tertiary/aromatic N) is 1. The number of esters is 1. The Morgan fingerprint density at radius 1 is 0.769 bits per heavy atom.